The number of hydrogen-bond acceptors (Lipinski definition) is 2. The highest BCUT2D eigenvalue weighted by Crippen LogP contribution is 2.62. The van der Waals surface area contributed by atoms with Gasteiger partial charge in [0.2, 0.25) is 5.91 Å². The van der Waals surface area contributed by atoms with Crippen LogP contribution in [0.5, 0.6) is 0 Å². The molecule has 1 aromatic heterocycles. The first kappa shape index (κ1) is 19.1. The third-order valence-electron chi connectivity index (χ3n) is 8.36. The predicted molar refractivity (Wildman–Crippen MR) is 122 cm³/mol. The number of nitrogens with zero attached hydrogens (tertiary/aromatic N) is 1. The van der Waals surface area contributed by atoms with E-state index in [1.54, 1.807) is 0 Å². The second-order valence-corrected chi connectivity index (χ2v) is 10.0. The van der Waals surface area contributed by atoms with E-state index in [2.05, 4.69) is 45.6 Å². The summed E-state index contributed by atoms with van der Waals surface area (Å²) in [4.78, 5) is 20.6. The summed E-state index contributed by atoms with van der Waals surface area (Å²) in [7, 11) is 0. The highest BCUT2D eigenvalue weighted by molar-refractivity contribution is 5.82. The van der Waals surface area contributed by atoms with E-state index >= 15 is 0 Å². The van der Waals surface area contributed by atoms with Gasteiger partial charge in [-0.15, -0.1) is 0 Å². The highest BCUT2D eigenvalue weighted by atomic mass is 16.2. The molecular formula is C27H31N3O. The Balaban J connectivity index is 0.975. The summed E-state index contributed by atoms with van der Waals surface area (Å²) in [6.45, 7) is 0.496. The van der Waals surface area contributed by atoms with Crippen LogP contribution in [0.15, 0.2) is 54.6 Å². The average Bonchev–Trinajstić information content (AvgIpc) is 3.15. The summed E-state index contributed by atoms with van der Waals surface area (Å²) in [5.41, 5.74) is 3.51. The number of carbonyl (C=O) groups excluding carboxylic acids is 1. The molecular weight excluding hydrogens is 382 g/mol. The molecule has 2 aromatic carbocycles. The molecule has 160 valence electrons. The summed E-state index contributed by atoms with van der Waals surface area (Å²) < 4.78 is 0. The lowest BCUT2D eigenvalue weighted by atomic mass is 9.72. The molecule has 3 aromatic rings. The topological polar surface area (TPSA) is 57.8 Å². The molecule has 0 saturated heterocycles. The molecule has 3 aliphatic carbocycles. The minimum absolute atomic E-state index is 0.238. The molecule has 0 radical (unpaired) electrons. The Morgan fingerprint density at radius 1 is 0.903 bits per heavy atom. The van der Waals surface area contributed by atoms with Gasteiger partial charge in [-0.3, -0.25) is 4.79 Å². The van der Waals surface area contributed by atoms with Crippen LogP contribution in [0.25, 0.3) is 11.0 Å². The third-order valence-corrected chi connectivity index (χ3v) is 8.36. The van der Waals surface area contributed by atoms with Crippen molar-refractivity contribution in [2.75, 3.05) is 0 Å². The van der Waals surface area contributed by atoms with Crippen molar-refractivity contribution in [2.45, 2.75) is 51.0 Å². The van der Waals surface area contributed by atoms with Crippen molar-refractivity contribution in [3.8, 4) is 0 Å². The zero-order valence-corrected chi connectivity index (χ0v) is 18.0. The van der Waals surface area contributed by atoms with E-state index < -0.39 is 0 Å². The summed E-state index contributed by atoms with van der Waals surface area (Å²) in [6, 6.07) is 19.1. The second kappa shape index (κ2) is 7.81. The van der Waals surface area contributed by atoms with Gasteiger partial charge >= 0.3 is 0 Å². The molecule has 0 aliphatic heterocycles. The molecule has 2 unspecified atom stereocenters. The van der Waals surface area contributed by atoms with Crippen molar-refractivity contribution >= 4 is 16.9 Å². The fourth-order valence-corrected chi connectivity index (χ4v) is 6.68. The van der Waals surface area contributed by atoms with Gasteiger partial charge in [-0.25, -0.2) is 4.98 Å². The molecule has 3 saturated carbocycles. The first-order valence-electron chi connectivity index (χ1n) is 12.0. The Hall–Kier alpha value is -2.62. The standard InChI is InChI=1S/C27H31N3O/c31-27(28-16-25-29-23-8-4-5-9-24(23)30-25)26-21-14-20(15-22(21)26)19-12-10-18(11-13-19)17-6-2-1-3-7-17/h1-9,18-22,26H,10-16H2,(H,28,31)(H,29,30)/t18?,19?,20?,21-,22+,26?. The van der Waals surface area contributed by atoms with Gasteiger partial charge in [-0.2, -0.15) is 0 Å². The van der Waals surface area contributed by atoms with Gasteiger partial charge in [0.25, 0.3) is 0 Å². The lowest BCUT2D eigenvalue weighted by molar-refractivity contribution is -0.123. The molecule has 0 bridgehead atoms. The number of hydrogen-bond donors (Lipinski definition) is 2. The molecule has 6 rings (SSSR count). The van der Waals surface area contributed by atoms with E-state index in [1.165, 1.54) is 44.1 Å². The summed E-state index contributed by atoms with van der Waals surface area (Å²) in [5.74, 6) is 5.08. The smallest absolute Gasteiger partial charge is 0.224 e. The van der Waals surface area contributed by atoms with E-state index in [4.69, 9.17) is 0 Å². The number of rotatable bonds is 5. The number of nitrogens with one attached hydrogen (secondary N) is 2. The number of imidazole rings is 1. The number of amides is 1. The summed E-state index contributed by atoms with van der Waals surface area (Å²) >= 11 is 0. The molecule has 2 N–H and O–H groups in total. The van der Waals surface area contributed by atoms with Crippen LogP contribution < -0.4 is 5.32 Å². The van der Waals surface area contributed by atoms with Crippen LogP contribution in [0, 0.1) is 29.6 Å². The number of H-pyrrole nitrogens is 1. The number of para-hydroxylation sites is 2. The fraction of sp³-hybridized carbons (Fsp3) is 0.481. The van der Waals surface area contributed by atoms with Crippen LogP contribution in [-0.2, 0) is 11.3 Å². The van der Waals surface area contributed by atoms with E-state index in [-0.39, 0.29) is 11.8 Å². The van der Waals surface area contributed by atoms with Gasteiger partial charge in [0.1, 0.15) is 5.82 Å². The molecule has 3 fully saturated rings. The minimum atomic E-state index is 0.238. The number of fused-ring (bicyclic) bond motifs is 2. The average molecular weight is 414 g/mol. The third kappa shape index (κ3) is 3.66. The molecule has 4 atom stereocenters. The Morgan fingerprint density at radius 2 is 1.61 bits per heavy atom. The van der Waals surface area contributed by atoms with Crippen LogP contribution in [0.4, 0.5) is 0 Å². The van der Waals surface area contributed by atoms with E-state index in [1.807, 2.05) is 24.3 Å². The van der Waals surface area contributed by atoms with Gasteiger partial charge < -0.3 is 10.3 Å². The van der Waals surface area contributed by atoms with Gasteiger partial charge in [0.05, 0.1) is 17.6 Å². The Morgan fingerprint density at radius 3 is 2.35 bits per heavy atom. The van der Waals surface area contributed by atoms with Crippen molar-refractivity contribution in [1.29, 1.82) is 0 Å². The molecule has 0 spiro atoms. The second-order valence-electron chi connectivity index (χ2n) is 10.0. The molecule has 1 amide bonds. The van der Waals surface area contributed by atoms with Crippen molar-refractivity contribution in [1.82, 2.24) is 15.3 Å². The Bertz CT molecular complexity index is 1020. The number of carbonyl (C=O) groups is 1. The SMILES string of the molecule is O=C(NCc1nc2ccccc2[nH]1)C1[C@H]2CC(C3CCC(c4ccccc4)CC3)C[C@@H]12. The quantitative estimate of drug-likeness (QED) is 0.586. The first-order chi connectivity index (χ1) is 15.3. The van der Waals surface area contributed by atoms with Crippen molar-refractivity contribution < 1.29 is 4.79 Å². The van der Waals surface area contributed by atoms with Crippen LogP contribution in [-0.4, -0.2) is 15.9 Å². The van der Waals surface area contributed by atoms with E-state index in [9.17, 15) is 4.79 Å². The zero-order valence-electron chi connectivity index (χ0n) is 18.0. The van der Waals surface area contributed by atoms with Crippen LogP contribution >= 0.6 is 0 Å². The van der Waals surface area contributed by atoms with Crippen molar-refractivity contribution in [3.05, 3.63) is 66.0 Å². The molecule has 3 aliphatic rings. The summed E-state index contributed by atoms with van der Waals surface area (Å²) in [5, 5.41) is 3.14. The van der Waals surface area contributed by atoms with Crippen LogP contribution in [0.2, 0.25) is 0 Å². The Labute approximate surface area is 183 Å². The first-order valence-corrected chi connectivity index (χ1v) is 12.0. The van der Waals surface area contributed by atoms with Gasteiger partial charge in [0.15, 0.2) is 0 Å². The summed E-state index contributed by atoms with van der Waals surface area (Å²) in [6.07, 6.45) is 7.95. The minimum Gasteiger partial charge on any atom is -0.349 e. The van der Waals surface area contributed by atoms with Gasteiger partial charge in [-0.05, 0) is 85.8 Å². The van der Waals surface area contributed by atoms with E-state index in [0.717, 1.165) is 34.6 Å². The normalized spacial score (nSPS) is 32.0. The Kier molecular flexibility index (Phi) is 4.81. The van der Waals surface area contributed by atoms with Crippen LogP contribution in [0.1, 0.15) is 55.8 Å². The van der Waals surface area contributed by atoms with Crippen molar-refractivity contribution in [2.24, 2.45) is 29.6 Å². The molecule has 1 heterocycles. The van der Waals surface area contributed by atoms with E-state index in [0.29, 0.717) is 18.4 Å². The lowest BCUT2D eigenvalue weighted by Crippen LogP contribution is -2.28. The van der Waals surface area contributed by atoms with Gasteiger partial charge in [0, 0.05) is 5.92 Å². The monoisotopic (exact) mass is 413 g/mol. The lowest BCUT2D eigenvalue weighted by Gasteiger charge is -2.33. The van der Waals surface area contributed by atoms with Gasteiger partial charge in [-0.1, -0.05) is 42.5 Å². The number of aromatic amines is 1. The van der Waals surface area contributed by atoms with Crippen LogP contribution in [0.3, 0.4) is 0 Å². The number of benzene rings is 2. The molecule has 31 heavy (non-hydrogen) atoms. The zero-order chi connectivity index (χ0) is 20.8. The molecule has 4 heteroatoms. The maximum atomic E-state index is 12.7. The molecule has 4 nitrogen and oxygen atoms in total. The maximum absolute atomic E-state index is 12.7. The fourth-order valence-electron chi connectivity index (χ4n) is 6.68. The predicted octanol–water partition coefficient (Wildman–Crippen LogP) is 5.43. The number of aromatic nitrogens is 2. The highest BCUT2D eigenvalue weighted by Gasteiger charge is 2.60. The van der Waals surface area contributed by atoms with Crippen molar-refractivity contribution in [3.63, 3.8) is 0 Å². The maximum Gasteiger partial charge on any atom is 0.224 e. The largest absolute Gasteiger partial charge is 0.349 e.